The molecule has 0 bridgehead atoms. The highest BCUT2D eigenvalue weighted by Gasteiger charge is 2.30. The third-order valence-electron chi connectivity index (χ3n) is 8.20. The first kappa shape index (κ1) is 26.0. The monoisotopic (exact) mass is 537 g/mol. The number of benzene rings is 2. The van der Waals surface area contributed by atoms with E-state index in [0.29, 0.717) is 30.1 Å². The standard InChI is InChI=1S/C32H35N5O3/c1-22-9-10-23(2)37(22)28-13-11-24(19-30(28)40-4)31(38)36-21-26-12-14-29(32(39)34-17-15-33(3)16-18-34)35(26)20-25-7-5-6-8-27(25)36/h5-14,19H,15-18,20-21H2,1-4H3. The third-order valence-corrected chi connectivity index (χ3v) is 8.20. The Balaban J connectivity index is 1.35. The molecule has 0 aliphatic carbocycles. The third kappa shape index (κ3) is 4.48. The zero-order valence-corrected chi connectivity index (χ0v) is 23.6. The van der Waals surface area contributed by atoms with Gasteiger partial charge in [-0.05, 0) is 75.0 Å². The molecule has 6 rings (SSSR count). The van der Waals surface area contributed by atoms with Crippen molar-refractivity contribution >= 4 is 17.5 Å². The van der Waals surface area contributed by atoms with E-state index < -0.39 is 0 Å². The molecule has 0 unspecified atom stereocenters. The molecule has 0 saturated carbocycles. The highest BCUT2D eigenvalue weighted by molar-refractivity contribution is 6.07. The molecule has 8 heteroatoms. The van der Waals surface area contributed by atoms with Crippen LogP contribution in [-0.4, -0.2) is 71.1 Å². The lowest BCUT2D eigenvalue weighted by atomic mass is 10.1. The van der Waals surface area contributed by atoms with Crippen LogP contribution in [0.5, 0.6) is 5.75 Å². The first-order valence-electron chi connectivity index (χ1n) is 13.7. The molecule has 1 fully saturated rings. The average molecular weight is 538 g/mol. The number of amides is 2. The molecule has 4 aromatic rings. The fourth-order valence-corrected chi connectivity index (χ4v) is 5.90. The van der Waals surface area contributed by atoms with Crippen molar-refractivity contribution in [3.8, 4) is 11.4 Å². The quantitative estimate of drug-likeness (QED) is 0.385. The van der Waals surface area contributed by atoms with Gasteiger partial charge in [-0.25, -0.2) is 0 Å². The molecule has 2 aliphatic heterocycles. The molecule has 2 aliphatic rings. The maximum absolute atomic E-state index is 14.1. The number of likely N-dealkylation sites (N-methyl/N-ethyl adjacent to an activating group) is 1. The van der Waals surface area contributed by atoms with Gasteiger partial charge in [0.2, 0.25) is 0 Å². The van der Waals surface area contributed by atoms with Crippen LogP contribution in [0.1, 0.15) is 43.5 Å². The Morgan fingerprint density at radius 1 is 0.775 bits per heavy atom. The molecule has 0 spiro atoms. The van der Waals surface area contributed by atoms with Crippen LogP contribution in [-0.2, 0) is 13.1 Å². The Labute approximate surface area is 235 Å². The van der Waals surface area contributed by atoms with E-state index in [-0.39, 0.29) is 11.8 Å². The number of fused-ring (bicyclic) bond motifs is 2. The van der Waals surface area contributed by atoms with Crippen molar-refractivity contribution in [1.82, 2.24) is 18.9 Å². The molecular formula is C32H35N5O3. The van der Waals surface area contributed by atoms with Crippen LogP contribution in [0.15, 0.2) is 66.7 Å². The number of rotatable bonds is 4. The Hall–Kier alpha value is -4.30. The van der Waals surface area contributed by atoms with Crippen LogP contribution in [0.25, 0.3) is 5.69 Å². The van der Waals surface area contributed by atoms with Gasteiger partial charge in [-0.2, -0.15) is 0 Å². The lowest BCUT2D eigenvalue weighted by molar-refractivity contribution is 0.0653. The van der Waals surface area contributed by atoms with E-state index in [1.165, 1.54) is 0 Å². The first-order valence-corrected chi connectivity index (χ1v) is 13.7. The second kappa shape index (κ2) is 10.4. The van der Waals surface area contributed by atoms with Crippen molar-refractivity contribution in [3.05, 3.63) is 101 Å². The summed E-state index contributed by atoms with van der Waals surface area (Å²) in [7, 11) is 3.72. The van der Waals surface area contributed by atoms with Crippen LogP contribution >= 0.6 is 0 Å². The number of aromatic nitrogens is 2. The fraction of sp³-hybridized carbons (Fsp3) is 0.312. The van der Waals surface area contributed by atoms with Crippen molar-refractivity contribution in [3.63, 3.8) is 0 Å². The summed E-state index contributed by atoms with van der Waals surface area (Å²) in [5.41, 5.74) is 7.10. The molecule has 2 aromatic carbocycles. The van der Waals surface area contributed by atoms with E-state index in [1.54, 1.807) is 7.11 Å². The molecule has 4 heterocycles. The fourth-order valence-electron chi connectivity index (χ4n) is 5.90. The van der Waals surface area contributed by atoms with Gasteiger partial charge in [0.25, 0.3) is 11.8 Å². The van der Waals surface area contributed by atoms with Gasteiger partial charge in [-0.15, -0.1) is 0 Å². The SMILES string of the molecule is COc1cc(C(=O)N2Cc3ccc(C(=O)N4CCN(C)CC4)n3Cc3ccccc32)ccc1-n1c(C)ccc1C. The van der Waals surface area contributed by atoms with Crippen molar-refractivity contribution < 1.29 is 14.3 Å². The highest BCUT2D eigenvalue weighted by atomic mass is 16.5. The van der Waals surface area contributed by atoms with E-state index in [9.17, 15) is 9.59 Å². The summed E-state index contributed by atoms with van der Waals surface area (Å²) in [5.74, 6) is 0.576. The minimum Gasteiger partial charge on any atom is -0.495 e. The summed E-state index contributed by atoms with van der Waals surface area (Å²) in [6.45, 7) is 8.19. The van der Waals surface area contributed by atoms with E-state index in [2.05, 4.69) is 47.1 Å². The van der Waals surface area contributed by atoms with Gasteiger partial charge in [0, 0.05) is 54.5 Å². The number of aryl methyl sites for hydroxylation is 2. The number of para-hydroxylation sites is 1. The molecule has 2 aromatic heterocycles. The van der Waals surface area contributed by atoms with Gasteiger partial charge in [-0.3, -0.25) is 9.59 Å². The smallest absolute Gasteiger partial charge is 0.270 e. The van der Waals surface area contributed by atoms with Crippen LogP contribution in [0, 0.1) is 13.8 Å². The number of methoxy groups -OCH3 is 1. The molecule has 2 amide bonds. The maximum atomic E-state index is 14.1. The van der Waals surface area contributed by atoms with Crippen LogP contribution in [0.4, 0.5) is 5.69 Å². The Kier molecular flexibility index (Phi) is 6.72. The molecular weight excluding hydrogens is 502 g/mol. The van der Waals surface area contributed by atoms with Gasteiger partial charge < -0.3 is 28.6 Å². The van der Waals surface area contributed by atoms with Crippen LogP contribution in [0.3, 0.4) is 0 Å². The average Bonchev–Trinajstić information content (AvgIpc) is 3.47. The van der Waals surface area contributed by atoms with E-state index in [0.717, 1.165) is 60.2 Å². The molecule has 0 N–H and O–H groups in total. The molecule has 206 valence electrons. The Morgan fingerprint density at radius 2 is 1.50 bits per heavy atom. The normalized spacial score (nSPS) is 15.4. The minimum absolute atomic E-state index is 0.0486. The maximum Gasteiger partial charge on any atom is 0.270 e. The minimum atomic E-state index is -0.111. The largest absolute Gasteiger partial charge is 0.495 e. The van der Waals surface area contributed by atoms with Crippen LogP contribution in [0.2, 0.25) is 0 Å². The molecule has 8 nitrogen and oxygen atoms in total. The predicted molar refractivity (Wildman–Crippen MR) is 156 cm³/mol. The van der Waals surface area contributed by atoms with Gasteiger partial charge in [-0.1, -0.05) is 18.2 Å². The summed E-state index contributed by atoms with van der Waals surface area (Å²) in [6, 6.07) is 21.6. The highest BCUT2D eigenvalue weighted by Crippen LogP contribution is 2.33. The van der Waals surface area contributed by atoms with E-state index >= 15 is 0 Å². The number of ether oxygens (including phenoxy) is 1. The number of carbonyl (C=O) groups excluding carboxylic acids is 2. The number of nitrogens with zero attached hydrogens (tertiary/aromatic N) is 5. The van der Waals surface area contributed by atoms with Gasteiger partial charge in [0.1, 0.15) is 11.4 Å². The molecule has 40 heavy (non-hydrogen) atoms. The van der Waals surface area contributed by atoms with E-state index in [4.69, 9.17) is 4.74 Å². The van der Waals surface area contributed by atoms with Gasteiger partial charge >= 0.3 is 0 Å². The second-order valence-corrected chi connectivity index (χ2v) is 10.7. The summed E-state index contributed by atoms with van der Waals surface area (Å²) in [6.07, 6.45) is 0. The first-order chi connectivity index (χ1) is 19.4. The summed E-state index contributed by atoms with van der Waals surface area (Å²) >= 11 is 0. The molecule has 0 radical (unpaired) electrons. The number of piperazine rings is 1. The molecule has 1 saturated heterocycles. The lowest BCUT2D eigenvalue weighted by Crippen LogP contribution is -2.47. The summed E-state index contributed by atoms with van der Waals surface area (Å²) in [4.78, 5) is 33.7. The number of hydrogen-bond acceptors (Lipinski definition) is 4. The molecule has 0 atom stereocenters. The second-order valence-electron chi connectivity index (χ2n) is 10.7. The van der Waals surface area contributed by atoms with Gasteiger partial charge in [0.15, 0.2) is 0 Å². The van der Waals surface area contributed by atoms with Crippen molar-refractivity contribution in [2.75, 3.05) is 45.2 Å². The lowest BCUT2D eigenvalue weighted by Gasteiger charge is -2.32. The zero-order valence-electron chi connectivity index (χ0n) is 23.6. The summed E-state index contributed by atoms with van der Waals surface area (Å²) in [5, 5.41) is 0. The number of carbonyl (C=O) groups is 2. The Morgan fingerprint density at radius 3 is 2.23 bits per heavy atom. The van der Waals surface area contributed by atoms with Crippen LogP contribution < -0.4 is 9.64 Å². The van der Waals surface area contributed by atoms with Gasteiger partial charge in [0.05, 0.1) is 25.9 Å². The number of anilines is 1. The predicted octanol–water partition coefficient (Wildman–Crippen LogP) is 4.50. The zero-order chi connectivity index (χ0) is 28.0. The Bertz CT molecular complexity index is 1570. The van der Waals surface area contributed by atoms with Crippen molar-refractivity contribution in [1.29, 1.82) is 0 Å². The summed E-state index contributed by atoms with van der Waals surface area (Å²) < 4.78 is 9.96. The topological polar surface area (TPSA) is 63.0 Å². The van der Waals surface area contributed by atoms with Crippen molar-refractivity contribution in [2.24, 2.45) is 0 Å². The van der Waals surface area contributed by atoms with E-state index in [1.807, 2.05) is 64.4 Å². The van der Waals surface area contributed by atoms with Crippen molar-refractivity contribution in [2.45, 2.75) is 26.9 Å². The number of hydrogen-bond donors (Lipinski definition) is 0.